The molecule has 1 heterocycles. The standard InChI is InChI=1S/C24H39N3O3.H2/c1-19-7-6-8-20(2)24(19)25-23(29)16-27-13-11-26(12-14-27)15-22(28)18-30-17-21-9-4-3-5-10-21;/h6-8,21-22,28H,3-5,9-18H2,1-2H3,(H,25,29);1H. The van der Waals surface area contributed by atoms with Gasteiger partial charge in [-0.2, -0.15) is 0 Å². The van der Waals surface area contributed by atoms with Gasteiger partial charge in [0.05, 0.1) is 19.3 Å². The largest absolute Gasteiger partial charge is 0.389 e. The number of anilines is 1. The van der Waals surface area contributed by atoms with Gasteiger partial charge in [0.25, 0.3) is 0 Å². The molecule has 30 heavy (non-hydrogen) atoms. The fraction of sp³-hybridized carbons (Fsp3) is 0.708. The van der Waals surface area contributed by atoms with Crippen LogP contribution in [0.1, 0.15) is 44.7 Å². The number of para-hydroxylation sites is 1. The predicted octanol–water partition coefficient (Wildman–Crippen LogP) is 3.06. The predicted molar refractivity (Wildman–Crippen MR) is 123 cm³/mol. The molecule has 3 rings (SSSR count). The van der Waals surface area contributed by atoms with Crippen LogP contribution >= 0.6 is 0 Å². The lowest BCUT2D eigenvalue weighted by atomic mass is 9.90. The number of hydrogen-bond donors (Lipinski definition) is 2. The first-order chi connectivity index (χ1) is 14.5. The molecule has 1 aliphatic carbocycles. The Kier molecular flexibility index (Phi) is 9.12. The lowest BCUT2D eigenvalue weighted by molar-refractivity contribution is -0.117. The SMILES string of the molecule is Cc1cccc(C)c1NC(=O)CN1CCN(CC(O)COCC2CCCCC2)CC1.[HH]. The molecule has 2 N–H and O–H groups in total. The highest BCUT2D eigenvalue weighted by atomic mass is 16.5. The van der Waals surface area contributed by atoms with Crippen molar-refractivity contribution in [2.75, 3.05) is 57.8 Å². The molecule has 1 unspecified atom stereocenters. The molecule has 6 nitrogen and oxygen atoms in total. The number of nitrogens with one attached hydrogen (secondary N) is 1. The summed E-state index contributed by atoms with van der Waals surface area (Å²) in [6, 6.07) is 6.05. The summed E-state index contributed by atoms with van der Waals surface area (Å²) < 4.78 is 5.79. The highest BCUT2D eigenvalue weighted by Crippen LogP contribution is 2.23. The summed E-state index contributed by atoms with van der Waals surface area (Å²) >= 11 is 0. The number of amides is 1. The van der Waals surface area contributed by atoms with Crippen LogP contribution in [0.25, 0.3) is 0 Å². The fourth-order valence-electron chi connectivity index (χ4n) is 4.60. The molecule has 1 aromatic carbocycles. The summed E-state index contributed by atoms with van der Waals surface area (Å²) in [6.07, 6.45) is 6.11. The van der Waals surface area contributed by atoms with Gasteiger partial charge >= 0.3 is 0 Å². The summed E-state index contributed by atoms with van der Waals surface area (Å²) in [6.45, 7) is 9.74. The zero-order chi connectivity index (χ0) is 21.3. The molecule has 1 atom stereocenters. The van der Waals surface area contributed by atoms with Gasteiger partial charge in [-0.05, 0) is 43.7 Å². The molecule has 1 aliphatic heterocycles. The van der Waals surface area contributed by atoms with E-state index in [0.717, 1.165) is 49.6 Å². The van der Waals surface area contributed by atoms with Gasteiger partial charge in [0.1, 0.15) is 0 Å². The molecular formula is C24H41N3O3. The number of rotatable bonds is 9. The molecule has 6 heteroatoms. The number of β-amino-alcohol motifs (C(OH)–C–C–N with tert-alkyl or cyclic N) is 1. The first kappa shape index (κ1) is 23.2. The molecule has 0 bridgehead atoms. The van der Waals surface area contributed by atoms with Gasteiger partial charge in [0.2, 0.25) is 5.91 Å². The van der Waals surface area contributed by atoms with Crippen LogP contribution in [0.2, 0.25) is 0 Å². The van der Waals surface area contributed by atoms with Gasteiger partial charge in [-0.3, -0.25) is 14.6 Å². The Bertz CT molecular complexity index is 654. The van der Waals surface area contributed by atoms with E-state index in [1.165, 1.54) is 32.1 Å². The van der Waals surface area contributed by atoms with Gasteiger partial charge in [0.15, 0.2) is 0 Å². The van der Waals surface area contributed by atoms with Crippen molar-refractivity contribution in [2.24, 2.45) is 5.92 Å². The molecule has 0 spiro atoms. The molecule has 170 valence electrons. The molecule has 1 aromatic rings. The summed E-state index contributed by atoms with van der Waals surface area (Å²) in [5.41, 5.74) is 3.11. The van der Waals surface area contributed by atoms with Gasteiger partial charge in [0, 0.05) is 46.4 Å². The molecule has 0 radical (unpaired) electrons. The van der Waals surface area contributed by atoms with Gasteiger partial charge < -0.3 is 15.2 Å². The molecule has 2 aliphatic rings. The number of ether oxygens (including phenoxy) is 1. The third kappa shape index (κ3) is 7.34. The van der Waals surface area contributed by atoms with Gasteiger partial charge in [-0.1, -0.05) is 37.5 Å². The smallest absolute Gasteiger partial charge is 0.238 e. The van der Waals surface area contributed by atoms with E-state index in [9.17, 15) is 9.90 Å². The minimum Gasteiger partial charge on any atom is -0.389 e. The Morgan fingerprint density at radius 3 is 2.43 bits per heavy atom. The Morgan fingerprint density at radius 2 is 1.77 bits per heavy atom. The summed E-state index contributed by atoms with van der Waals surface area (Å²) in [7, 11) is 0. The molecular weight excluding hydrogens is 378 g/mol. The zero-order valence-corrected chi connectivity index (χ0v) is 18.7. The number of hydrogen-bond acceptors (Lipinski definition) is 5. The van der Waals surface area contributed by atoms with Crippen molar-refractivity contribution >= 4 is 11.6 Å². The number of piperazine rings is 1. The van der Waals surface area contributed by atoms with E-state index >= 15 is 0 Å². The minimum atomic E-state index is -0.438. The molecule has 2 fully saturated rings. The number of benzene rings is 1. The van der Waals surface area contributed by atoms with Crippen LogP contribution in [0.15, 0.2) is 18.2 Å². The monoisotopic (exact) mass is 419 g/mol. The van der Waals surface area contributed by atoms with Crippen LogP contribution < -0.4 is 5.32 Å². The maximum absolute atomic E-state index is 12.5. The second kappa shape index (κ2) is 11.8. The van der Waals surface area contributed by atoms with Crippen molar-refractivity contribution in [3.63, 3.8) is 0 Å². The number of carbonyl (C=O) groups excluding carboxylic acids is 1. The number of aliphatic hydroxyl groups is 1. The van der Waals surface area contributed by atoms with E-state index in [-0.39, 0.29) is 7.33 Å². The van der Waals surface area contributed by atoms with Gasteiger partial charge in [-0.25, -0.2) is 0 Å². The number of nitrogens with zero attached hydrogens (tertiary/aromatic N) is 2. The highest BCUT2D eigenvalue weighted by Gasteiger charge is 2.22. The normalized spacial score (nSPS) is 20.2. The Hall–Kier alpha value is -1.47. The third-order valence-corrected chi connectivity index (χ3v) is 6.44. The van der Waals surface area contributed by atoms with Crippen molar-refractivity contribution in [3.05, 3.63) is 29.3 Å². The Labute approximate surface area is 183 Å². The minimum absolute atomic E-state index is 0. The van der Waals surface area contributed by atoms with E-state index in [1.807, 2.05) is 32.0 Å². The molecule has 1 amide bonds. The second-order valence-corrected chi connectivity index (χ2v) is 9.09. The third-order valence-electron chi connectivity index (χ3n) is 6.44. The number of carbonyl (C=O) groups is 1. The summed E-state index contributed by atoms with van der Waals surface area (Å²) in [4.78, 5) is 16.9. The quantitative estimate of drug-likeness (QED) is 0.644. The van der Waals surface area contributed by atoms with Gasteiger partial charge in [-0.15, -0.1) is 0 Å². The summed E-state index contributed by atoms with van der Waals surface area (Å²) in [5, 5.41) is 13.4. The van der Waals surface area contributed by atoms with Crippen LogP contribution in [-0.4, -0.2) is 79.4 Å². The number of aryl methyl sites for hydroxylation is 2. The van der Waals surface area contributed by atoms with Crippen molar-refractivity contribution in [1.82, 2.24) is 9.80 Å². The van der Waals surface area contributed by atoms with Crippen molar-refractivity contribution in [2.45, 2.75) is 52.1 Å². The molecule has 1 saturated carbocycles. The second-order valence-electron chi connectivity index (χ2n) is 9.09. The van der Waals surface area contributed by atoms with Crippen LogP contribution in [0.3, 0.4) is 0 Å². The average Bonchev–Trinajstić information content (AvgIpc) is 2.73. The van der Waals surface area contributed by atoms with E-state index in [4.69, 9.17) is 4.74 Å². The average molecular weight is 420 g/mol. The number of aliphatic hydroxyl groups excluding tert-OH is 1. The highest BCUT2D eigenvalue weighted by molar-refractivity contribution is 5.93. The van der Waals surface area contributed by atoms with Crippen LogP contribution in [-0.2, 0) is 9.53 Å². The van der Waals surface area contributed by atoms with Crippen LogP contribution in [0, 0.1) is 19.8 Å². The van der Waals surface area contributed by atoms with Crippen LogP contribution in [0.4, 0.5) is 5.69 Å². The molecule has 0 aromatic heterocycles. The van der Waals surface area contributed by atoms with Crippen LogP contribution in [0.5, 0.6) is 0 Å². The van der Waals surface area contributed by atoms with Crippen molar-refractivity contribution in [1.29, 1.82) is 0 Å². The first-order valence-corrected chi connectivity index (χ1v) is 11.6. The lowest BCUT2D eigenvalue weighted by Gasteiger charge is -2.35. The summed E-state index contributed by atoms with van der Waals surface area (Å²) in [5.74, 6) is 0.723. The Morgan fingerprint density at radius 1 is 1.13 bits per heavy atom. The maximum atomic E-state index is 12.5. The van der Waals surface area contributed by atoms with E-state index in [1.54, 1.807) is 0 Å². The van der Waals surface area contributed by atoms with E-state index < -0.39 is 6.10 Å². The zero-order valence-electron chi connectivity index (χ0n) is 18.7. The first-order valence-electron chi connectivity index (χ1n) is 11.6. The fourth-order valence-corrected chi connectivity index (χ4v) is 4.60. The Balaban J connectivity index is 0.00000341. The maximum Gasteiger partial charge on any atom is 0.238 e. The van der Waals surface area contributed by atoms with E-state index in [2.05, 4.69) is 15.1 Å². The topological polar surface area (TPSA) is 65.0 Å². The lowest BCUT2D eigenvalue weighted by Crippen LogP contribution is -2.50. The molecule has 1 saturated heterocycles. The van der Waals surface area contributed by atoms with Crippen molar-refractivity contribution in [3.8, 4) is 0 Å². The van der Waals surface area contributed by atoms with E-state index in [0.29, 0.717) is 25.6 Å². The van der Waals surface area contributed by atoms with Crippen molar-refractivity contribution < 1.29 is 16.1 Å².